The van der Waals surface area contributed by atoms with Crippen molar-refractivity contribution in [3.63, 3.8) is 0 Å². The molecule has 0 radical (unpaired) electrons. The number of nitrogens with one attached hydrogen (secondary N) is 3. The minimum atomic E-state index is -0.783. The van der Waals surface area contributed by atoms with Crippen LogP contribution in [0.1, 0.15) is 39.5 Å². The van der Waals surface area contributed by atoms with Crippen molar-refractivity contribution in [2.45, 2.75) is 45.1 Å². The molecule has 1 atom stereocenters. The zero-order chi connectivity index (χ0) is 18.6. The van der Waals surface area contributed by atoms with Crippen molar-refractivity contribution in [2.24, 2.45) is 10.9 Å². The number of imide groups is 1. The third-order valence-corrected chi connectivity index (χ3v) is 5.89. The smallest absolute Gasteiger partial charge is 0.322 e. The molecular weight excluding hydrogens is 459 g/mol. The Kier molecular flexibility index (Phi) is 8.14. The molecule has 3 aliphatic heterocycles. The Hall–Kier alpha value is -1.10. The van der Waals surface area contributed by atoms with Gasteiger partial charge in [0.15, 0.2) is 5.96 Å². The number of hydrogen-bond acceptors (Lipinski definition) is 4. The molecule has 3 rings (SSSR count). The van der Waals surface area contributed by atoms with Crippen LogP contribution < -0.4 is 16.0 Å². The maximum absolute atomic E-state index is 12.1. The molecule has 3 aliphatic rings. The highest BCUT2D eigenvalue weighted by molar-refractivity contribution is 14.0. The van der Waals surface area contributed by atoms with E-state index in [-0.39, 0.29) is 41.8 Å². The van der Waals surface area contributed by atoms with Gasteiger partial charge in [0.05, 0.1) is 6.54 Å². The van der Waals surface area contributed by atoms with Gasteiger partial charge in [-0.15, -0.1) is 24.0 Å². The van der Waals surface area contributed by atoms with Gasteiger partial charge in [-0.05, 0) is 58.5 Å². The number of rotatable bonds is 5. The first-order valence-corrected chi connectivity index (χ1v) is 9.92. The number of piperidine rings is 1. The topological polar surface area (TPSA) is 89.1 Å². The van der Waals surface area contributed by atoms with Gasteiger partial charge in [-0.25, -0.2) is 4.79 Å². The van der Waals surface area contributed by atoms with Crippen LogP contribution in [0.5, 0.6) is 0 Å². The van der Waals surface area contributed by atoms with E-state index in [1.54, 1.807) is 0 Å². The molecule has 3 amide bonds. The van der Waals surface area contributed by atoms with Crippen LogP contribution in [0, 0.1) is 5.92 Å². The normalized spacial score (nSPS) is 27.3. The molecule has 27 heavy (non-hydrogen) atoms. The summed E-state index contributed by atoms with van der Waals surface area (Å²) < 4.78 is 0. The first-order valence-electron chi connectivity index (χ1n) is 9.92. The fraction of sp³-hybridized carbons (Fsp3) is 0.833. The van der Waals surface area contributed by atoms with Crippen molar-refractivity contribution in [1.29, 1.82) is 0 Å². The van der Waals surface area contributed by atoms with E-state index in [0.29, 0.717) is 0 Å². The highest BCUT2D eigenvalue weighted by Crippen LogP contribution is 2.30. The molecule has 0 bridgehead atoms. The molecule has 3 N–H and O–H groups in total. The number of amides is 3. The fourth-order valence-electron chi connectivity index (χ4n) is 4.24. The maximum atomic E-state index is 12.1. The van der Waals surface area contributed by atoms with E-state index in [2.05, 4.69) is 32.7 Å². The van der Waals surface area contributed by atoms with E-state index in [1.165, 1.54) is 25.9 Å². The second kappa shape index (κ2) is 9.90. The molecule has 3 heterocycles. The second-order valence-corrected chi connectivity index (χ2v) is 7.66. The maximum Gasteiger partial charge on any atom is 0.322 e. The third-order valence-electron chi connectivity index (χ3n) is 5.89. The zero-order valence-corrected chi connectivity index (χ0v) is 18.8. The number of hydrogen-bond donors (Lipinski definition) is 3. The van der Waals surface area contributed by atoms with Crippen LogP contribution in [0.25, 0.3) is 0 Å². The number of carbonyl (C=O) groups excluding carboxylic acids is 2. The Morgan fingerprint density at radius 2 is 1.89 bits per heavy atom. The number of guanidine groups is 1. The monoisotopic (exact) mass is 492 g/mol. The van der Waals surface area contributed by atoms with Crippen molar-refractivity contribution in [3.05, 3.63) is 0 Å². The predicted molar refractivity (Wildman–Crippen MR) is 116 cm³/mol. The molecule has 0 aromatic carbocycles. The largest absolute Gasteiger partial charge is 0.357 e. The molecule has 1 unspecified atom stereocenters. The SMILES string of the molecule is CCNC(=NCCN1CCCC1)N1CCC(C2(C)NC(=O)NC2=O)CC1.I. The minimum absolute atomic E-state index is 0. The van der Waals surface area contributed by atoms with Crippen LogP contribution in [-0.4, -0.2) is 79.0 Å². The summed E-state index contributed by atoms with van der Waals surface area (Å²) in [6.07, 6.45) is 4.34. The summed E-state index contributed by atoms with van der Waals surface area (Å²) in [5.74, 6) is 0.917. The van der Waals surface area contributed by atoms with Crippen LogP contribution in [0.4, 0.5) is 4.79 Å². The van der Waals surface area contributed by atoms with Crippen molar-refractivity contribution in [3.8, 4) is 0 Å². The lowest BCUT2D eigenvalue weighted by atomic mass is 9.79. The molecule has 8 nitrogen and oxygen atoms in total. The first kappa shape index (κ1) is 22.2. The minimum Gasteiger partial charge on any atom is -0.357 e. The van der Waals surface area contributed by atoms with Gasteiger partial charge in [-0.2, -0.15) is 0 Å². The van der Waals surface area contributed by atoms with E-state index < -0.39 is 5.54 Å². The molecule has 0 aromatic rings. The molecule has 0 aromatic heterocycles. The number of likely N-dealkylation sites (tertiary alicyclic amines) is 2. The molecular formula is C18H33IN6O2. The van der Waals surface area contributed by atoms with Crippen molar-refractivity contribution in [1.82, 2.24) is 25.8 Å². The van der Waals surface area contributed by atoms with Gasteiger partial charge in [-0.3, -0.25) is 15.1 Å². The predicted octanol–water partition coefficient (Wildman–Crippen LogP) is 0.976. The van der Waals surface area contributed by atoms with Gasteiger partial charge < -0.3 is 20.4 Å². The Labute approximate surface area is 178 Å². The Morgan fingerprint density at radius 3 is 2.44 bits per heavy atom. The molecule has 0 aliphatic carbocycles. The van der Waals surface area contributed by atoms with Crippen molar-refractivity contribution >= 4 is 41.9 Å². The van der Waals surface area contributed by atoms with Crippen LogP contribution in [-0.2, 0) is 4.79 Å². The first-order chi connectivity index (χ1) is 12.5. The van der Waals surface area contributed by atoms with Gasteiger partial charge in [0.2, 0.25) is 0 Å². The van der Waals surface area contributed by atoms with Crippen LogP contribution in [0.15, 0.2) is 4.99 Å². The molecule has 9 heteroatoms. The summed E-state index contributed by atoms with van der Waals surface area (Å²) in [6, 6.07) is -0.378. The van der Waals surface area contributed by atoms with E-state index >= 15 is 0 Å². The highest BCUT2D eigenvalue weighted by Gasteiger charge is 2.48. The van der Waals surface area contributed by atoms with Gasteiger partial charge in [-0.1, -0.05) is 0 Å². The zero-order valence-electron chi connectivity index (χ0n) is 16.4. The number of carbonyl (C=O) groups is 2. The lowest BCUT2D eigenvalue weighted by Gasteiger charge is -2.39. The van der Waals surface area contributed by atoms with Gasteiger partial charge in [0.1, 0.15) is 5.54 Å². The Bertz CT molecular complexity index is 558. The van der Waals surface area contributed by atoms with E-state index in [1.807, 2.05) is 6.92 Å². The summed E-state index contributed by atoms with van der Waals surface area (Å²) in [5.41, 5.74) is -0.783. The standard InChI is InChI=1S/C18H32N6O2.HI/c1-3-19-16(20-8-13-23-9-4-5-10-23)24-11-6-14(7-12-24)18(2)15(25)21-17(26)22-18;/h14H,3-13H2,1-2H3,(H,19,20)(H2,21,22,25,26);1H. The number of halogens is 1. The highest BCUT2D eigenvalue weighted by atomic mass is 127. The Morgan fingerprint density at radius 1 is 1.22 bits per heavy atom. The van der Waals surface area contributed by atoms with E-state index in [9.17, 15) is 9.59 Å². The summed E-state index contributed by atoms with van der Waals surface area (Å²) in [7, 11) is 0. The van der Waals surface area contributed by atoms with Crippen molar-refractivity contribution < 1.29 is 9.59 Å². The number of urea groups is 1. The lowest BCUT2D eigenvalue weighted by Crippen LogP contribution is -2.55. The van der Waals surface area contributed by atoms with Crippen LogP contribution in [0.3, 0.4) is 0 Å². The molecule has 0 spiro atoms. The van der Waals surface area contributed by atoms with Crippen LogP contribution >= 0.6 is 24.0 Å². The van der Waals surface area contributed by atoms with Crippen molar-refractivity contribution in [2.75, 3.05) is 45.8 Å². The summed E-state index contributed by atoms with van der Waals surface area (Å²) in [5, 5.41) is 8.58. The van der Waals surface area contributed by atoms with Gasteiger partial charge in [0.25, 0.3) is 5.91 Å². The summed E-state index contributed by atoms with van der Waals surface area (Å²) in [6.45, 7) is 10.7. The third kappa shape index (κ3) is 5.24. The van der Waals surface area contributed by atoms with Gasteiger partial charge >= 0.3 is 6.03 Å². The molecule has 154 valence electrons. The molecule has 0 saturated carbocycles. The lowest BCUT2D eigenvalue weighted by molar-refractivity contribution is -0.125. The summed E-state index contributed by atoms with van der Waals surface area (Å²) in [4.78, 5) is 33.2. The van der Waals surface area contributed by atoms with E-state index in [4.69, 9.17) is 4.99 Å². The second-order valence-electron chi connectivity index (χ2n) is 7.66. The average molecular weight is 492 g/mol. The summed E-state index contributed by atoms with van der Waals surface area (Å²) >= 11 is 0. The quantitative estimate of drug-likeness (QED) is 0.231. The number of aliphatic imine (C=N–C) groups is 1. The number of nitrogens with zero attached hydrogens (tertiary/aromatic N) is 3. The van der Waals surface area contributed by atoms with E-state index in [0.717, 1.165) is 51.5 Å². The van der Waals surface area contributed by atoms with Gasteiger partial charge in [0, 0.05) is 26.2 Å². The Balaban J connectivity index is 0.00000261. The average Bonchev–Trinajstić information content (AvgIpc) is 3.23. The fourth-order valence-corrected chi connectivity index (χ4v) is 4.24. The molecule has 3 fully saturated rings. The molecule has 3 saturated heterocycles. The van der Waals surface area contributed by atoms with Crippen LogP contribution in [0.2, 0.25) is 0 Å².